The zero-order valence-electron chi connectivity index (χ0n) is 17.2. The topological polar surface area (TPSA) is 83.1 Å². The molecule has 3 heterocycles. The van der Waals surface area contributed by atoms with Gasteiger partial charge < -0.3 is 24.7 Å². The van der Waals surface area contributed by atoms with Gasteiger partial charge in [0.1, 0.15) is 12.6 Å². The molecule has 160 valence electrons. The Hall–Kier alpha value is -3.52. The van der Waals surface area contributed by atoms with Gasteiger partial charge in [-0.05, 0) is 36.6 Å². The van der Waals surface area contributed by atoms with Crippen molar-refractivity contribution in [3.8, 4) is 11.5 Å². The zero-order valence-corrected chi connectivity index (χ0v) is 17.2. The number of amides is 2. The van der Waals surface area contributed by atoms with Crippen LogP contribution in [0.1, 0.15) is 29.2 Å². The van der Waals surface area contributed by atoms with Crippen LogP contribution >= 0.6 is 0 Å². The highest BCUT2D eigenvalue weighted by Gasteiger charge is 2.40. The lowest BCUT2D eigenvalue weighted by Crippen LogP contribution is -2.50. The van der Waals surface area contributed by atoms with E-state index in [0.29, 0.717) is 13.0 Å². The first-order valence-corrected chi connectivity index (χ1v) is 10.3. The van der Waals surface area contributed by atoms with Crippen LogP contribution in [0.25, 0.3) is 0 Å². The second-order valence-corrected chi connectivity index (χ2v) is 7.98. The molecule has 2 amide bonds. The Bertz CT molecular complexity index is 1040. The number of aryl methyl sites for hydroxylation is 1. The summed E-state index contributed by atoms with van der Waals surface area (Å²) in [5.74, 6) is 1.17. The van der Waals surface area contributed by atoms with Crippen molar-refractivity contribution in [2.75, 3.05) is 13.3 Å². The lowest BCUT2D eigenvalue weighted by Gasteiger charge is -2.31. The number of carbonyl (C=O) groups excluding carboxylic acids is 2. The lowest BCUT2D eigenvalue weighted by atomic mass is 10.0. The Morgan fingerprint density at radius 3 is 2.77 bits per heavy atom. The Balaban J connectivity index is 1.19. The maximum atomic E-state index is 13.0. The van der Waals surface area contributed by atoms with E-state index in [1.54, 1.807) is 6.20 Å². The molecular weight excluding hydrogens is 396 g/mol. The number of nitrogens with zero attached hydrogens (tertiary/aromatic N) is 2. The number of rotatable bonds is 5. The van der Waals surface area contributed by atoms with Crippen molar-refractivity contribution in [2.24, 2.45) is 0 Å². The van der Waals surface area contributed by atoms with Crippen molar-refractivity contribution in [3.63, 3.8) is 0 Å². The molecule has 0 aliphatic carbocycles. The summed E-state index contributed by atoms with van der Waals surface area (Å²) in [5, 5.41) is 4.70. The van der Waals surface area contributed by atoms with Crippen LogP contribution in [-0.2, 0) is 16.1 Å². The van der Waals surface area contributed by atoms with E-state index < -0.39 is 0 Å². The van der Waals surface area contributed by atoms with E-state index in [4.69, 9.17) is 9.47 Å². The summed E-state index contributed by atoms with van der Waals surface area (Å²) in [6.45, 7) is 2.69. The number of hydrogen-bond donors (Lipinski definition) is 2. The molecule has 31 heavy (non-hydrogen) atoms. The van der Waals surface area contributed by atoms with E-state index in [1.165, 1.54) is 10.5 Å². The molecule has 3 aliphatic heterocycles. The van der Waals surface area contributed by atoms with E-state index in [-0.39, 0.29) is 37.2 Å². The van der Waals surface area contributed by atoms with Crippen LogP contribution < -0.4 is 20.2 Å². The summed E-state index contributed by atoms with van der Waals surface area (Å²) in [7, 11) is 0. The Kier molecular flexibility index (Phi) is 4.99. The van der Waals surface area contributed by atoms with Gasteiger partial charge in [-0.3, -0.25) is 9.59 Å². The van der Waals surface area contributed by atoms with Crippen molar-refractivity contribution in [2.45, 2.75) is 32.0 Å². The highest BCUT2D eigenvalue weighted by molar-refractivity contribution is 5.89. The monoisotopic (exact) mass is 420 g/mol. The zero-order chi connectivity index (χ0) is 21.4. The van der Waals surface area contributed by atoms with E-state index in [0.717, 1.165) is 22.6 Å². The fourth-order valence-corrected chi connectivity index (χ4v) is 4.03. The van der Waals surface area contributed by atoms with Gasteiger partial charge in [0.05, 0.1) is 6.04 Å². The quantitative estimate of drug-likeness (QED) is 0.770. The number of ether oxygens (including phenoxy) is 2. The fraction of sp³-hybridized carbons (Fsp3) is 0.304. The molecule has 2 aromatic rings. The van der Waals surface area contributed by atoms with Crippen molar-refractivity contribution in [1.29, 1.82) is 0 Å². The molecule has 0 radical (unpaired) electrons. The molecule has 5 rings (SSSR count). The second kappa shape index (κ2) is 7.96. The van der Waals surface area contributed by atoms with E-state index in [9.17, 15) is 9.59 Å². The molecule has 3 aliphatic rings. The third kappa shape index (κ3) is 3.94. The highest BCUT2D eigenvalue weighted by Crippen LogP contribution is 2.37. The first-order valence-electron chi connectivity index (χ1n) is 10.3. The van der Waals surface area contributed by atoms with Gasteiger partial charge in [0.15, 0.2) is 11.5 Å². The van der Waals surface area contributed by atoms with Crippen LogP contribution in [0.2, 0.25) is 0 Å². The van der Waals surface area contributed by atoms with Crippen LogP contribution in [0.3, 0.4) is 0 Å². The molecule has 0 aromatic heterocycles. The predicted octanol–water partition coefficient (Wildman–Crippen LogP) is 1.97. The smallest absolute Gasteiger partial charge is 0.251 e. The van der Waals surface area contributed by atoms with Crippen LogP contribution in [0, 0.1) is 6.92 Å². The van der Waals surface area contributed by atoms with Crippen molar-refractivity contribution in [1.82, 2.24) is 20.7 Å². The number of carbonyl (C=O) groups is 2. The minimum Gasteiger partial charge on any atom is -0.454 e. The molecule has 0 spiro atoms. The van der Waals surface area contributed by atoms with Gasteiger partial charge in [0, 0.05) is 18.9 Å². The third-order valence-electron chi connectivity index (χ3n) is 5.80. The van der Waals surface area contributed by atoms with Gasteiger partial charge in [-0.2, -0.15) is 0 Å². The minimum atomic E-state index is -0.356. The first-order chi connectivity index (χ1) is 15.1. The van der Waals surface area contributed by atoms with Crippen LogP contribution in [0.4, 0.5) is 0 Å². The molecule has 2 atom stereocenters. The summed E-state index contributed by atoms with van der Waals surface area (Å²) in [5.41, 5.74) is 6.59. The summed E-state index contributed by atoms with van der Waals surface area (Å²) < 4.78 is 10.8. The molecule has 2 aromatic carbocycles. The van der Waals surface area contributed by atoms with Crippen LogP contribution in [0.5, 0.6) is 11.5 Å². The van der Waals surface area contributed by atoms with E-state index >= 15 is 0 Å². The lowest BCUT2D eigenvalue weighted by molar-refractivity contribution is -0.138. The van der Waals surface area contributed by atoms with Gasteiger partial charge >= 0.3 is 0 Å². The molecule has 8 nitrogen and oxygen atoms in total. The summed E-state index contributed by atoms with van der Waals surface area (Å²) >= 11 is 0. The van der Waals surface area contributed by atoms with Crippen molar-refractivity contribution >= 4 is 11.8 Å². The fourth-order valence-electron chi connectivity index (χ4n) is 4.03. The maximum absolute atomic E-state index is 13.0. The molecule has 1 fully saturated rings. The number of hydrogen-bond acceptors (Lipinski definition) is 6. The Morgan fingerprint density at radius 1 is 1.13 bits per heavy atom. The Morgan fingerprint density at radius 2 is 1.94 bits per heavy atom. The van der Waals surface area contributed by atoms with Crippen LogP contribution in [0.15, 0.2) is 54.9 Å². The standard InChI is InChI=1S/C23H24N4O4/c1-15-2-4-16(5-3-15)12-24-22(28)13-26-8-9-27-19(23(26)29)11-18(25-27)17-6-7-20-21(10-17)31-14-30-20/h2-10,18-19,25H,11-14H2,1H3,(H,24,28). The molecule has 2 N–H and O–H groups in total. The molecule has 1 saturated heterocycles. The van der Waals surface area contributed by atoms with Gasteiger partial charge in [0.2, 0.25) is 12.7 Å². The molecule has 2 unspecified atom stereocenters. The van der Waals surface area contributed by atoms with Crippen molar-refractivity contribution < 1.29 is 19.1 Å². The number of nitrogens with one attached hydrogen (secondary N) is 2. The number of hydrazine groups is 1. The van der Waals surface area contributed by atoms with Gasteiger partial charge in [-0.1, -0.05) is 35.9 Å². The summed E-state index contributed by atoms with van der Waals surface area (Å²) in [4.78, 5) is 26.9. The minimum absolute atomic E-state index is 0.000224. The Labute approximate surface area is 180 Å². The van der Waals surface area contributed by atoms with Gasteiger partial charge in [-0.15, -0.1) is 0 Å². The normalized spacial score (nSPS) is 21.4. The molecule has 8 heteroatoms. The first kappa shape index (κ1) is 19.4. The van der Waals surface area contributed by atoms with Gasteiger partial charge in [-0.25, -0.2) is 5.43 Å². The molecule has 0 bridgehead atoms. The average molecular weight is 420 g/mol. The highest BCUT2D eigenvalue weighted by atomic mass is 16.7. The van der Waals surface area contributed by atoms with E-state index in [1.807, 2.05) is 60.6 Å². The predicted molar refractivity (Wildman–Crippen MR) is 113 cm³/mol. The summed E-state index contributed by atoms with van der Waals surface area (Å²) in [6.07, 6.45) is 4.07. The van der Waals surface area contributed by atoms with Gasteiger partial charge in [0.25, 0.3) is 5.91 Å². The summed E-state index contributed by atoms with van der Waals surface area (Å²) in [6, 6.07) is 13.4. The van der Waals surface area contributed by atoms with Crippen LogP contribution in [-0.4, -0.2) is 41.1 Å². The SMILES string of the molecule is Cc1ccc(CNC(=O)CN2C=CN3NC(c4ccc5c(c4)OCO5)CC3C2=O)cc1. The maximum Gasteiger partial charge on any atom is 0.251 e. The average Bonchev–Trinajstić information content (AvgIpc) is 3.42. The molecular formula is C23H24N4O4. The largest absolute Gasteiger partial charge is 0.454 e. The second-order valence-electron chi connectivity index (χ2n) is 7.98. The third-order valence-corrected chi connectivity index (χ3v) is 5.80. The number of fused-ring (bicyclic) bond motifs is 2. The molecule has 0 saturated carbocycles. The van der Waals surface area contributed by atoms with Crippen molar-refractivity contribution in [3.05, 3.63) is 71.6 Å². The number of benzene rings is 2. The van der Waals surface area contributed by atoms with E-state index in [2.05, 4.69) is 10.7 Å².